The van der Waals surface area contributed by atoms with Crippen molar-refractivity contribution in [3.05, 3.63) is 29.3 Å². The minimum atomic E-state index is -4.89. The molecular formula is C20H25F3N2O4. The first-order chi connectivity index (χ1) is 13.8. The number of rotatable bonds is 6. The molecule has 2 aliphatic rings. The maximum absolute atomic E-state index is 12.4. The predicted octanol–water partition coefficient (Wildman–Crippen LogP) is 2.96. The molecule has 0 radical (unpaired) electrons. The fraction of sp³-hybridized carbons (Fsp3) is 0.600. The molecule has 2 aliphatic heterocycles. The Morgan fingerprint density at radius 1 is 1.31 bits per heavy atom. The first-order valence-corrected chi connectivity index (χ1v) is 9.71. The molecule has 160 valence electrons. The van der Waals surface area contributed by atoms with Crippen molar-refractivity contribution in [3.63, 3.8) is 0 Å². The van der Waals surface area contributed by atoms with Crippen molar-refractivity contribution in [2.75, 3.05) is 26.8 Å². The van der Waals surface area contributed by atoms with E-state index in [0.717, 1.165) is 29.7 Å². The lowest BCUT2D eigenvalue weighted by molar-refractivity contribution is -0.179. The minimum absolute atomic E-state index is 0.0572. The molecule has 0 spiro atoms. The largest absolute Gasteiger partial charge is 0.493 e. The summed E-state index contributed by atoms with van der Waals surface area (Å²) in [6.45, 7) is 1.33. The Balaban J connectivity index is 1.60. The second kappa shape index (κ2) is 9.02. The Hall–Kier alpha value is -2.29. The number of hydrogen-bond donors (Lipinski definition) is 1. The van der Waals surface area contributed by atoms with Crippen LogP contribution in [0.5, 0.6) is 5.75 Å². The first-order valence-electron chi connectivity index (χ1n) is 9.71. The maximum Gasteiger partial charge on any atom is 0.472 e. The molecule has 1 amide bonds. The molecule has 1 saturated heterocycles. The van der Waals surface area contributed by atoms with E-state index in [1.807, 2.05) is 23.6 Å². The van der Waals surface area contributed by atoms with E-state index >= 15 is 0 Å². The molecule has 0 aromatic heterocycles. The van der Waals surface area contributed by atoms with Gasteiger partial charge in [-0.1, -0.05) is 12.1 Å². The van der Waals surface area contributed by atoms with Crippen LogP contribution in [0.25, 0.3) is 0 Å². The number of nitrogens with zero attached hydrogens (tertiary/aromatic N) is 1. The number of hydrazine groups is 1. The molecular weight excluding hydrogens is 389 g/mol. The van der Waals surface area contributed by atoms with Gasteiger partial charge in [0.1, 0.15) is 5.75 Å². The van der Waals surface area contributed by atoms with Gasteiger partial charge in [0, 0.05) is 19.5 Å². The SMILES string of the molecule is COC(=O)CC(CC1CCN(NC(=O)C(F)(F)F)CC1)c1ccc2c(c1)OCC2. The maximum atomic E-state index is 12.4. The predicted molar refractivity (Wildman–Crippen MR) is 98.1 cm³/mol. The van der Waals surface area contributed by atoms with Gasteiger partial charge in [0.2, 0.25) is 0 Å². The van der Waals surface area contributed by atoms with Crippen LogP contribution in [0.15, 0.2) is 18.2 Å². The second-order valence-corrected chi connectivity index (χ2v) is 7.55. The van der Waals surface area contributed by atoms with Gasteiger partial charge in [-0.3, -0.25) is 15.0 Å². The summed E-state index contributed by atoms with van der Waals surface area (Å²) in [6.07, 6.45) is -1.79. The van der Waals surface area contributed by atoms with Gasteiger partial charge in [0.25, 0.3) is 0 Å². The number of benzene rings is 1. The number of piperidine rings is 1. The van der Waals surface area contributed by atoms with Crippen molar-refractivity contribution in [1.82, 2.24) is 10.4 Å². The number of esters is 1. The number of hydrogen-bond acceptors (Lipinski definition) is 5. The van der Waals surface area contributed by atoms with Crippen LogP contribution in [0.4, 0.5) is 13.2 Å². The molecule has 1 unspecified atom stereocenters. The zero-order valence-electron chi connectivity index (χ0n) is 16.3. The summed E-state index contributed by atoms with van der Waals surface area (Å²) in [4.78, 5) is 23.0. The highest BCUT2D eigenvalue weighted by atomic mass is 19.4. The van der Waals surface area contributed by atoms with Crippen molar-refractivity contribution < 1.29 is 32.2 Å². The van der Waals surface area contributed by atoms with Crippen LogP contribution in [0.2, 0.25) is 0 Å². The number of methoxy groups -OCH3 is 1. The molecule has 1 aromatic carbocycles. The van der Waals surface area contributed by atoms with Gasteiger partial charge in [-0.15, -0.1) is 0 Å². The summed E-state index contributed by atoms with van der Waals surface area (Å²) in [5.74, 6) is -1.22. The zero-order valence-corrected chi connectivity index (χ0v) is 16.3. The van der Waals surface area contributed by atoms with Crippen molar-refractivity contribution in [1.29, 1.82) is 0 Å². The fourth-order valence-electron chi connectivity index (χ4n) is 3.95. The average molecular weight is 414 g/mol. The van der Waals surface area contributed by atoms with Crippen molar-refractivity contribution in [2.24, 2.45) is 5.92 Å². The number of fused-ring (bicyclic) bond motifs is 1. The molecule has 29 heavy (non-hydrogen) atoms. The van der Waals surface area contributed by atoms with E-state index in [1.165, 1.54) is 12.1 Å². The third kappa shape index (κ3) is 5.62. The molecule has 9 heteroatoms. The van der Waals surface area contributed by atoms with E-state index in [0.29, 0.717) is 32.5 Å². The van der Waals surface area contributed by atoms with Gasteiger partial charge in [-0.2, -0.15) is 13.2 Å². The third-order valence-corrected chi connectivity index (χ3v) is 5.58. The van der Waals surface area contributed by atoms with Gasteiger partial charge >= 0.3 is 18.1 Å². The Morgan fingerprint density at radius 3 is 2.69 bits per heavy atom. The number of amides is 1. The van der Waals surface area contributed by atoms with E-state index in [1.54, 1.807) is 0 Å². The first kappa shape index (κ1) is 21.4. The Labute approximate surface area is 167 Å². The standard InChI is InChI=1S/C20H25F3N2O4/c1-28-18(26)12-16(15-3-2-14-6-9-29-17(14)11-15)10-13-4-7-25(8-5-13)24-19(27)20(21,22)23/h2-3,11,13,16H,4-10,12H2,1H3,(H,24,27). The summed E-state index contributed by atoms with van der Waals surface area (Å²) in [5, 5.41) is 1.31. The summed E-state index contributed by atoms with van der Waals surface area (Å²) in [6, 6.07) is 6.02. The molecule has 1 aromatic rings. The summed E-state index contributed by atoms with van der Waals surface area (Å²) in [7, 11) is 1.35. The van der Waals surface area contributed by atoms with Gasteiger partial charge in [-0.25, -0.2) is 5.01 Å². The van der Waals surface area contributed by atoms with Crippen molar-refractivity contribution >= 4 is 11.9 Å². The highest BCUT2D eigenvalue weighted by Gasteiger charge is 2.40. The van der Waals surface area contributed by atoms with Crippen LogP contribution < -0.4 is 10.2 Å². The number of halogens is 3. The minimum Gasteiger partial charge on any atom is -0.493 e. The second-order valence-electron chi connectivity index (χ2n) is 7.55. The lowest BCUT2D eigenvalue weighted by Gasteiger charge is -2.33. The number of carbonyl (C=O) groups is 2. The molecule has 1 fully saturated rings. The van der Waals surface area contributed by atoms with E-state index in [2.05, 4.69) is 0 Å². The highest BCUT2D eigenvalue weighted by Crippen LogP contribution is 2.36. The zero-order chi connectivity index (χ0) is 21.0. The number of nitrogens with one attached hydrogen (secondary N) is 1. The normalized spacial score (nSPS) is 18.6. The molecule has 0 saturated carbocycles. The molecule has 1 atom stereocenters. The molecule has 3 rings (SSSR count). The van der Waals surface area contributed by atoms with Gasteiger partial charge in [-0.05, 0) is 48.3 Å². The van der Waals surface area contributed by atoms with Crippen LogP contribution in [0.1, 0.15) is 42.7 Å². The number of carbonyl (C=O) groups excluding carboxylic acids is 2. The average Bonchev–Trinajstić information content (AvgIpc) is 3.15. The Bertz CT molecular complexity index is 746. The monoisotopic (exact) mass is 414 g/mol. The lowest BCUT2D eigenvalue weighted by atomic mass is 9.82. The fourth-order valence-corrected chi connectivity index (χ4v) is 3.95. The number of alkyl halides is 3. The van der Waals surface area contributed by atoms with Crippen LogP contribution >= 0.6 is 0 Å². The van der Waals surface area contributed by atoms with Crippen LogP contribution in [-0.2, 0) is 20.7 Å². The van der Waals surface area contributed by atoms with Crippen LogP contribution in [0.3, 0.4) is 0 Å². The molecule has 2 heterocycles. The van der Waals surface area contributed by atoms with E-state index in [4.69, 9.17) is 9.47 Å². The van der Waals surface area contributed by atoms with Crippen molar-refractivity contribution in [2.45, 2.75) is 44.2 Å². The van der Waals surface area contributed by atoms with E-state index in [9.17, 15) is 22.8 Å². The topological polar surface area (TPSA) is 67.9 Å². The molecule has 6 nitrogen and oxygen atoms in total. The van der Waals surface area contributed by atoms with E-state index < -0.39 is 12.1 Å². The molecule has 1 N–H and O–H groups in total. The number of ether oxygens (including phenoxy) is 2. The Morgan fingerprint density at radius 2 is 2.03 bits per heavy atom. The quantitative estimate of drug-likeness (QED) is 0.725. The van der Waals surface area contributed by atoms with Crippen LogP contribution in [0, 0.1) is 5.92 Å². The highest BCUT2D eigenvalue weighted by molar-refractivity contribution is 5.81. The van der Waals surface area contributed by atoms with Gasteiger partial charge < -0.3 is 9.47 Å². The van der Waals surface area contributed by atoms with Crippen LogP contribution in [-0.4, -0.2) is 49.9 Å². The summed E-state index contributed by atoms with van der Waals surface area (Å²) < 4.78 is 47.7. The molecule has 0 aliphatic carbocycles. The summed E-state index contributed by atoms with van der Waals surface area (Å²) in [5.41, 5.74) is 4.07. The van der Waals surface area contributed by atoms with Gasteiger partial charge in [0.05, 0.1) is 20.1 Å². The summed E-state index contributed by atoms with van der Waals surface area (Å²) >= 11 is 0. The lowest BCUT2D eigenvalue weighted by Crippen LogP contribution is -2.51. The van der Waals surface area contributed by atoms with Crippen molar-refractivity contribution in [3.8, 4) is 5.75 Å². The smallest absolute Gasteiger partial charge is 0.472 e. The molecule has 0 bridgehead atoms. The third-order valence-electron chi connectivity index (χ3n) is 5.58. The Kier molecular flexibility index (Phi) is 6.66. The van der Waals surface area contributed by atoms with E-state index in [-0.39, 0.29) is 24.2 Å². The van der Waals surface area contributed by atoms with Gasteiger partial charge in [0.15, 0.2) is 0 Å².